The highest BCUT2D eigenvalue weighted by atomic mass is 35.5. The smallest absolute Gasteiger partial charge is 0.347 e. The summed E-state index contributed by atoms with van der Waals surface area (Å²) in [6.45, 7) is 3.51. The fourth-order valence-electron chi connectivity index (χ4n) is 1.17. The molecule has 1 heterocycles. The Morgan fingerprint density at radius 2 is 1.83 bits per heavy atom. The van der Waals surface area contributed by atoms with Crippen molar-refractivity contribution in [1.82, 2.24) is 9.97 Å². The Kier molecular flexibility index (Phi) is 5.38. The van der Waals surface area contributed by atoms with Gasteiger partial charge in [0.25, 0.3) is 0 Å². The van der Waals surface area contributed by atoms with Crippen molar-refractivity contribution in [3.05, 3.63) is 23.8 Å². The molecular weight excluding hydrogens is 260 g/mol. The first-order valence-electron chi connectivity index (χ1n) is 5.35. The number of hydrogen-bond acceptors (Lipinski definition) is 5. The van der Waals surface area contributed by atoms with Gasteiger partial charge in [-0.1, -0.05) is 11.6 Å². The number of nitrogens with zero attached hydrogens (tertiary/aromatic N) is 1. The molecule has 0 aliphatic rings. The molecule has 0 aliphatic carbocycles. The van der Waals surface area contributed by atoms with E-state index < -0.39 is 11.9 Å². The molecule has 0 saturated heterocycles. The molecule has 0 saturated carbocycles. The highest BCUT2D eigenvalue weighted by Crippen LogP contribution is 2.21. The van der Waals surface area contributed by atoms with Gasteiger partial charge in [-0.25, -0.2) is 14.6 Å². The normalized spacial score (nSPS) is 9.72. The van der Waals surface area contributed by atoms with Crippen molar-refractivity contribution >= 4 is 28.6 Å². The summed E-state index contributed by atoms with van der Waals surface area (Å²) in [6, 6.07) is 0. The number of carbonyl (C=O) groups excluding carboxylic acids is 2. The van der Waals surface area contributed by atoms with Crippen molar-refractivity contribution in [3.63, 3.8) is 0 Å². The second-order valence-corrected chi connectivity index (χ2v) is 3.45. The Morgan fingerprint density at radius 3 is 2.22 bits per heavy atom. The van der Waals surface area contributed by atoms with E-state index in [1.165, 1.54) is 12.4 Å². The maximum atomic E-state index is 11.7. The standard InChI is InChI=1S/C11H13ClN2O4/c1-3-17-10(15)7(11(16)18-4-2)8(12)9-13-5-6-14-9/h5-6H,3-4H2,1-2H3,(H,13,14). The number of imidazole rings is 1. The van der Waals surface area contributed by atoms with Crippen molar-refractivity contribution in [2.45, 2.75) is 13.8 Å². The lowest BCUT2D eigenvalue weighted by molar-refractivity contribution is -0.146. The number of hydrogen-bond donors (Lipinski definition) is 1. The maximum absolute atomic E-state index is 11.7. The van der Waals surface area contributed by atoms with Crippen molar-refractivity contribution < 1.29 is 19.1 Å². The van der Waals surface area contributed by atoms with Crippen LogP contribution in [0.3, 0.4) is 0 Å². The molecule has 0 fully saturated rings. The molecule has 18 heavy (non-hydrogen) atoms. The van der Waals surface area contributed by atoms with E-state index in [1.807, 2.05) is 0 Å². The van der Waals surface area contributed by atoms with E-state index in [0.717, 1.165) is 0 Å². The number of aromatic amines is 1. The number of carbonyl (C=O) groups is 2. The molecular formula is C11H13ClN2O4. The Balaban J connectivity index is 3.14. The van der Waals surface area contributed by atoms with Crippen LogP contribution in [0.1, 0.15) is 19.7 Å². The zero-order valence-electron chi connectivity index (χ0n) is 10.0. The van der Waals surface area contributed by atoms with Crippen LogP contribution in [0.15, 0.2) is 18.0 Å². The summed E-state index contributed by atoms with van der Waals surface area (Å²) >= 11 is 5.96. The first-order chi connectivity index (χ1) is 8.61. The van der Waals surface area contributed by atoms with Crippen LogP contribution in [0.5, 0.6) is 0 Å². The number of nitrogens with one attached hydrogen (secondary N) is 1. The quantitative estimate of drug-likeness (QED) is 0.380. The van der Waals surface area contributed by atoms with E-state index in [4.69, 9.17) is 21.1 Å². The number of aromatic nitrogens is 2. The molecule has 0 aromatic carbocycles. The van der Waals surface area contributed by atoms with E-state index in [0.29, 0.717) is 0 Å². The van der Waals surface area contributed by atoms with Crippen LogP contribution >= 0.6 is 11.6 Å². The van der Waals surface area contributed by atoms with Gasteiger partial charge in [0, 0.05) is 12.4 Å². The molecule has 0 spiro atoms. The molecule has 0 unspecified atom stereocenters. The fourth-order valence-corrected chi connectivity index (χ4v) is 1.43. The minimum absolute atomic E-state index is 0.128. The molecule has 1 N–H and O–H groups in total. The molecule has 0 radical (unpaired) electrons. The third-order valence-corrected chi connectivity index (χ3v) is 2.25. The minimum Gasteiger partial charge on any atom is -0.462 e. The molecule has 0 atom stereocenters. The van der Waals surface area contributed by atoms with E-state index in [2.05, 4.69) is 9.97 Å². The van der Waals surface area contributed by atoms with Gasteiger partial charge in [-0.2, -0.15) is 0 Å². The molecule has 1 aromatic rings. The van der Waals surface area contributed by atoms with E-state index in [9.17, 15) is 9.59 Å². The average Bonchev–Trinajstić information content (AvgIpc) is 2.83. The number of halogens is 1. The predicted octanol–water partition coefficient (Wildman–Crippen LogP) is 1.49. The summed E-state index contributed by atoms with van der Waals surface area (Å²) in [5.41, 5.74) is -0.365. The predicted molar refractivity (Wildman–Crippen MR) is 64.6 cm³/mol. The molecule has 1 aromatic heterocycles. The summed E-state index contributed by atoms with van der Waals surface area (Å²) in [6.07, 6.45) is 2.97. The summed E-state index contributed by atoms with van der Waals surface area (Å²) in [5, 5.41) is -0.128. The molecule has 1 rings (SSSR count). The van der Waals surface area contributed by atoms with Gasteiger partial charge in [-0.05, 0) is 13.8 Å². The van der Waals surface area contributed by atoms with Crippen molar-refractivity contribution in [2.24, 2.45) is 0 Å². The zero-order chi connectivity index (χ0) is 13.5. The second kappa shape index (κ2) is 6.80. The SMILES string of the molecule is CCOC(=O)C(C(=O)OCC)=C(Cl)c1ncc[nH]1. The van der Waals surface area contributed by atoms with Crippen molar-refractivity contribution in [3.8, 4) is 0 Å². The van der Waals surface area contributed by atoms with Crippen LogP contribution in [0.4, 0.5) is 0 Å². The topological polar surface area (TPSA) is 81.3 Å². The first kappa shape index (κ1) is 14.2. The van der Waals surface area contributed by atoms with Crippen LogP contribution in [0.2, 0.25) is 0 Å². The van der Waals surface area contributed by atoms with Crippen LogP contribution in [0, 0.1) is 0 Å². The van der Waals surface area contributed by atoms with Crippen LogP contribution in [0.25, 0.3) is 5.03 Å². The molecule has 0 amide bonds. The monoisotopic (exact) mass is 272 g/mol. The molecule has 7 heteroatoms. The van der Waals surface area contributed by atoms with Crippen LogP contribution < -0.4 is 0 Å². The summed E-state index contributed by atoms with van der Waals surface area (Å²) < 4.78 is 9.53. The van der Waals surface area contributed by atoms with Gasteiger partial charge in [0.1, 0.15) is 10.9 Å². The number of H-pyrrole nitrogens is 1. The summed E-state index contributed by atoms with van der Waals surface area (Å²) in [4.78, 5) is 29.9. The lowest BCUT2D eigenvalue weighted by atomic mass is 10.2. The molecule has 98 valence electrons. The van der Waals surface area contributed by atoms with Gasteiger partial charge < -0.3 is 14.5 Å². The summed E-state index contributed by atoms with van der Waals surface area (Å²) in [7, 11) is 0. The zero-order valence-corrected chi connectivity index (χ0v) is 10.8. The average molecular weight is 273 g/mol. The molecule has 0 aliphatic heterocycles. The second-order valence-electron chi connectivity index (χ2n) is 3.07. The highest BCUT2D eigenvalue weighted by Gasteiger charge is 2.26. The van der Waals surface area contributed by atoms with Gasteiger partial charge in [-0.15, -0.1) is 0 Å². The number of esters is 2. The largest absolute Gasteiger partial charge is 0.462 e. The van der Waals surface area contributed by atoms with Gasteiger partial charge in [0.05, 0.1) is 13.2 Å². The van der Waals surface area contributed by atoms with E-state index in [-0.39, 0.29) is 29.6 Å². The molecule has 6 nitrogen and oxygen atoms in total. The van der Waals surface area contributed by atoms with Crippen molar-refractivity contribution in [2.75, 3.05) is 13.2 Å². The van der Waals surface area contributed by atoms with Gasteiger partial charge in [0.15, 0.2) is 5.57 Å². The van der Waals surface area contributed by atoms with Gasteiger partial charge in [0.2, 0.25) is 0 Å². The van der Waals surface area contributed by atoms with Crippen molar-refractivity contribution in [1.29, 1.82) is 0 Å². The van der Waals surface area contributed by atoms with Gasteiger partial charge >= 0.3 is 11.9 Å². The number of rotatable bonds is 5. The number of ether oxygens (including phenoxy) is 2. The van der Waals surface area contributed by atoms with E-state index >= 15 is 0 Å². The third kappa shape index (κ3) is 3.33. The first-order valence-corrected chi connectivity index (χ1v) is 5.73. The Morgan fingerprint density at radius 1 is 1.28 bits per heavy atom. The van der Waals surface area contributed by atoms with E-state index in [1.54, 1.807) is 13.8 Å². The van der Waals surface area contributed by atoms with Crippen LogP contribution in [-0.4, -0.2) is 35.1 Å². The Labute approximate surface area is 109 Å². The fraction of sp³-hybridized carbons (Fsp3) is 0.364. The summed E-state index contributed by atoms with van der Waals surface area (Å²) in [5.74, 6) is -1.47. The third-order valence-electron chi connectivity index (χ3n) is 1.88. The molecule has 0 bridgehead atoms. The maximum Gasteiger partial charge on any atom is 0.347 e. The minimum atomic E-state index is -0.836. The lowest BCUT2D eigenvalue weighted by Gasteiger charge is -2.07. The van der Waals surface area contributed by atoms with Gasteiger partial charge in [-0.3, -0.25) is 0 Å². The van der Waals surface area contributed by atoms with Crippen LogP contribution in [-0.2, 0) is 19.1 Å². The Bertz CT molecular complexity index is 434. The Hall–Kier alpha value is -1.82. The lowest BCUT2D eigenvalue weighted by Crippen LogP contribution is -2.19. The highest BCUT2D eigenvalue weighted by molar-refractivity contribution is 6.53.